The van der Waals surface area contributed by atoms with Crippen LogP contribution in [0.4, 0.5) is 0 Å². The van der Waals surface area contributed by atoms with Crippen molar-refractivity contribution in [3.8, 4) is 0 Å². The molecule has 0 unspecified atom stereocenters. The monoisotopic (exact) mass is 368 g/mol. The molecule has 0 aliphatic heterocycles. The predicted octanol–water partition coefficient (Wildman–Crippen LogP) is 4.13. The molecule has 0 spiro atoms. The summed E-state index contributed by atoms with van der Waals surface area (Å²) < 4.78 is 4.72. The highest BCUT2D eigenvalue weighted by Crippen LogP contribution is 2.24. The number of carbonyl (C=O) groups is 1. The Morgan fingerprint density at radius 3 is 2.58 bits per heavy atom. The van der Waals surface area contributed by atoms with E-state index in [1.807, 2.05) is 0 Å². The van der Waals surface area contributed by atoms with Gasteiger partial charge in [0.25, 0.3) is 5.56 Å². The first-order valence-corrected chi connectivity index (χ1v) is 9.30. The van der Waals surface area contributed by atoms with Gasteiger partial charge in [-0.3, -0.25) is 4.79 Å². The van der Waals surface area contributed by atoms with E-state index in [1.54, 1.807) is 30.0 Å². The Labute approximate surface area is 155 Å². The Balaban J connectivity index is 1.83. The van der Waals surface area contributed by atoms with Crippen molar-refractivity contribution in [2.45, 2.75) is 30.4 Å². The quantitative estimate of drug-likeness (QED) is 0.542. The van der Waals surface area contributed by atoms with Crippen molar-refractivity contribution < 1.29 is 9.53 Å². The number of carbonyl (C=O) groups excluding carboxylic acids is 1. The smallest absolute Gasteiger partial charge is 0.337 e. The maximum Gasteiger partial charge on any atom is 0.337 e. The van der Waals surface area contributed by atoms with Crippen LogP contribution in [0.3, 0.4) is 0 Å². The van der Waals surface area contributed by atoms with Crippen molar-refractivity contribution in [1.82, 2.24) is 9.97 Å². The maximum absolute atomic E-state index is 12.3. The highest BCUT2D eigenvalue weighted by atomic mass is 32.2. The summed E-state index contributed by atoms with van der Waals surface area (Å²) in [5.74, 6) is 1.16. The number of methoxy groups -OCH3 is 1. The molecular weight excluding hydrogens is 348 g/mol. The van der Waals surface area contributed by atoms with Gasteiger partial charge in [-0.1, -0.05) is 26.0 Å². The molecular formula is C20H20N2O3S. The number of aromatic amines is 1. The van der Waals surface area contributed by atoms with Gasteiger partial charge in [-0.25, -0.2) is 9.78 Å². The number of thioether (sulfide) groups is 1. The Morgan fingerprint density at radius 1 is 1.19 bits per heavy atom. The molecule has 3 rings (SSSR count). The molecule has 3 aromatic rings. The molecule has 0 bridgehead atoms. The highest BCUT2D eigenvalue weighted by Gasteiger charge is 2.10. The minimum Gasteiger partial charge on any atom is -0.465 e. The lowest BCUT2D eigenvalue weighted by Gasteiger charge is -2.07. The summed E-state index contributed by atoms with van der Waals surface area (Å²) in [6, 6.07) is 13.1. The summed E-state index contributed by atoms with van der Waals surface area (Å²) in [6.07, 6.45) is 0. The molecule has 5 nitrogen and oxygen atoms in total. The van der Waals surface area contributed by atoms with Gasteiger partial charge in [0.15, 0.2) is 0 Å². The first-order valence-electron chi connectivity index (χ1n) is 8.32. The van der Waals surface area contributed by atoms with E-state index in [2.05, 4.69) is 48.1 Å². The van der Waals surface area contributed by atoms with Crippen molar-refractivity contribution in [3.05, 3.63) is 69.8 Å². The fourth-order valence-electron chi connectivity index (χ4n) is 2.60. The number of fused-ring (bicyclic) bond motifs is 1. The fraction of sp³-hybridized carbons (Fsp3) is 0.250. The zero-order valence-corrected chi connectivity index (χ0v) is 15.7. The van der Waals surface area contributed by atoms with Gasteiger partial charge in [0.05, 0.1) is 29.3 Å². The van der Waals surface area contributed by atoms with Crippen molar-refractivity contribution in [2.75, 3.05) is 7.11 Å². The number of rotatable bonds is 5. The Bertz CT molecular complexity index is 994. The number of nitrogens with one attached hydrogen (secondary N) is 1. The van der Waals surface area contributed by atoms with Crippen LogP contribution in [0.25, 0.3) is 10.9 Å². The molecule has 0 aliphatic carbocycles. The van der Waals surface area contributed by atoms with Crippen molar-refractivity contribution in [1.29, 1.82) is 0 Å². The first-order chi connectivity index (χ1) is 12.5. The lowest BCUT2D eigenvalue weighted by atomic mass is 10.0. The average molecular weight is 368 g/mol. The van der Waals surface area contributed by atoms with Gasteiger partial charge in [-0.2, -0.15) is 0 Å². The van der Waals surface area contributed by atoms with Crippen molar-refractivity contribution >= 4 is 28.6 Å². The van der Waals surface area contributed by atoms with Gasteiger partial charge in [-0.15, -0.1) is 11.8 Å². The minimum absolute atomic E-state index is 0.211. The van der Waals surface area contributed by atoms with E-state index >= 15 is 0 Å². The normalized spacial score (nSPS) is 11.1. The standard InChI is InChI=1S/C20H20N2O3S/c1-12(2)13-4-7-15(8-5-13)26-11-18-21-17-10-14(20(24)25-3)6-9-16(17)19(23)22-18/h4-10,12H,11H2,1-3H3,(H,21,22,23). The SMILES string of the molecule is COC(=O)c1ccc2c(=O)[nH]c(CSc3ccc(C(C)C)cc3)nc2c1. The van der Waals surface area contributed by atoms with Crippen LogP contribution >= 0.6 is 11.8 Å². The molecule has 0 radical (unpaired) electrons. The molecule has 1 N–H and O–H groups in total. The number of hydrogen-bond donors (Lipinski definition) is 1. The van der Waals surface area contributed by atoms with Gasteiger partial charge < -0.3 is 9.72 Å². The molecule has 6 heteroatoms. The van der Waals surface area contributed by atoms with Crippen LogP contribution in [0.5, 0.6) is 0 Å². The topological polar surface area (TPSA) is 72.1 Å². The van der Waals surface area contributed by atoms with Crippen molar-refractivity contribution in [2.24, 2.45) is 0 Å². The van der Waals surface area contributed by atoms with Crippen LogP contribution in [0.15, 0.2) is 52.2 Å². The number of aromatic nitrogens is 2. The third kappa shape index (κ3) is 3.96. The van der Waals surface area contributed by atoms with Gasteiger partial charge >= 0.3 is 5.97 Å². The zero-order valence-electron chi connectivity index (χ0n) is 14.9. The maximum atomic E-state index is 12.3. The minimum atomic E-state index is -0.449. The number of hydrogen-bond acceptors (Lipinski definition) is 5. The second-order valence-corrected chi connectivity index (χ2v) is 7.30. The predicted molar refractivity (Wildman–Crippen MR) is 104 cm³/mol. The van der Waals surface area contributed by atoms with E-state index in [0.29, 0.717) is 34.0 Å². The van der Waals surface area contributed by atoms with E-state index < -0.39 is 5.97 Å². The molecule has 134 valence electrons. The Kier molecular flexibility index (Phi) is 5.42. The van der Waals surface area contributed by atoms with Gasteiger partial charge in [0, 0.05) is 4.90 Å². The molecule has 1 heterocycles. The van der Waals surface area contributed by atoms with Crippen molar-refractivity contribution in [3.63, 3.8) is 0 Å². The molecule has 0 saturated heterocycles. The number of H-pyrrole nitrogens is 1. The van der Waals surface area contributed by atoms with Crippen LogP contribution in [0.1, 0.15) is 41.5 Å². The number of esters is 1. The van der Waals surface area contributed by atoms with Crippen LogP contribution < -0.4 is 5.56 Å². The molecule has 2 aromatic carbocycles. The number of nitrogens with zero attached hydrogens (tertiary/aromatic N) is 1. The largest absolute Gasteiger partial charge is 0.465 e. The molecule has 0 amide bonds. The van der Waals surface area contributed by atoms with Gasteiger partial charge in [-0.05, 0) is 41.8 Å². The summed E-state index contributed by atoms with van der Waals surface area (Å²) in [5, 5.41) is 0.452. The summed E-state index contributed by atoms with van der Waals surface area (Å²) >= 11 is 1.60. The Hall–Kier alpha value is -2.60. The lowest BCUT2D eigenvalue weighted by molar-refractivity contribution is 0.0601. The number of ether oxygens (including phenoxy) is 1. The van der Waals surface area contributed by atoms with E-state index in [-0.39, 0.29) is 5.56 Å². The van der Waals surface area contributed by atoms with E-state index in [4.69, 9.17) is 4.74 Å². The van der Waals surface area contributed by atoms with Crippen LogP contribution in [-0.2, 0) is 10.5 Å². The summed E-state index contributed by atoms with van der Waals surface area (Å²) in [7, 11) is 1.32. The van der Waals surface area contributed by atoms with E-state index in [1.165, 1.54) is 12.7 Å². The lowest BCUT2D eigenvalue weighted by Crippen LogP contribution is -2.12. The second kappa shape index (κ2) is 7.74. The van der Waals surface area contributed by atoms with Crippen LogP contribution in [0, 0.1) is 0 Å². The second-order valence-electron chi connectivity index (χ2n) is 6.25. The summed E-state index contributed by atoms with van der Waals surface area (Å²) in [6.45, 7) is 4.32. The molecule has 26 heavy (non-hydrogen) atoms. The molecule has 0 atom stereocenters. The van der Waals surface area contributed by atoms with E-state index in [0.717, 1.165) is 4.90 Å². The van der Waals surface area contributed by atoms with E-state index in [9.17, 15) is 9.59 Å². The zero-order chi connectivity index (χ0) is 18.7. The third-order valence-corrected chi connectivity index (χ3v) is 5.12. The molecule has 0 fully saturated rings. The van der Waals surface area contributed by atoms with Crippen LogP contribution in [0.2, 0.25) is 0 Å². The van der Waals surface area contributed by atoms with Crippen LogP contribution in [-0.4, -0.2) is 23.0 Å². The molecule has 0 saturated carbocycles. The van der Waals surface area contributed by atoms with Gasteiger partial charge in [0.1, 0.15) is 5.82 Å². The fourth-order valence-corrected chi connectivity index (χ4v) is 3.37. The Morgan fingerprint density at radius 2 is 1.92 bits per heavy atom. The summed E-state index contributed by atoms with van der Waals surface area (Å²) in [4.78, 5) is 32.3. The first kappa shape index (κ1) is 18.2. The highest BCUT2D eigenvalue weighted by molar-refractivity contribution is 7.98. The van der Waals surface area contributed by atoms with Gasteiger partial charge in [0.2, 0.25) is 0 Å². The molecule has 1 aromatic heterocycles. The molecule has 0 aliphatic rings. The summed E-state index contributed by atoms with van der Waals surface area (Å²) in [5.41, 5.74) is 1.95. The third-order valence-electron chi connectivity index (χ3n) is 4.10. The average Bonchev–Trinajstić information content (AvgIpc) is 2.65. The number of benzene rings is 2.